The first-order valence-corrected chi connectivity index (χ1v) is 17.7. The maximum Gasteiger partial charge on any atom is 0.303 e. The quantitative estimate of drug-likeness (QED) is 0.0931. The third-order valence-electron chi connectivity index (χ3n) is 9.23. The molecule has 4 heterocycles. The van der Waals surface area contributed by atoms with Gasteiger partial charge in [0.25, 0.3) is 11.6 Å². The van der Waals surface area contributed by atoms with Crippen LogP contribution in [0.3, 0.4) is 0 Å². The summed E-state index contributed by atoms with van der Waals surface area (Å²) in [4.78, 5) is 58.4. The summed E-state index contributed by atoms with van der Waals surface area (Å²) in [7, 11) is 0. The lowest BCUT2D eigenvalue weighted by atomic mass is 9.96. The molecule has 0 unspecified atom stereocenters. The van der Waals surface area contributed by atoms with Crippen LogP contribution < -0.4 is 15.8 Å². The molecule has 14 nitrogen and oxygen atoms in total. The lowest BCUT2D eigenvalue weighted by molar-refractivity contribution is -0.384. The maximum atomic E-state index is 13.9. The van der Waals surface area contributed by atoms with E-state index in [2.05, 4.69) is 25.9 Å². The zero-order valence-electron chi connectivity index (χ0n) is 29.7. The molecule has 2 N–H and O–H groups in total. The van der Waals surface area contributed by atoms with Crippen molar-refractivity contribution < 1.29 is 14.5 Å². The molecule has 0 aliphatic carbocycles. The topological polar surface area (TPSA) is 170 Å². The molecule has 3 aliphatic rings. The SMILES string of the molecule is O=C1NN2C=Nc3nc(-c4ccc(N5C(=O)/C(=N/Nc6ccccc6)N=C5c5ccccc5)cc4)cc(-c4ccccc4)c3C2=N/C1=C/c1cccc([N+](=O)[O-])c1. The van der Waals surface area contributed by atoms with E-state index >= 15 is 0 Å². The van der Waals surface area contributed by atoms with Gasteiger partial charge in [0.1, 0.15) is 17.9 Å². The summed E-state index contributed by atoms with van der Waals surface area (Å²) >= 11 is 0. The first-order chi connectivity index (χ1) is 27.9. The van der Waals surface area contributed by atoms with E-state index in [0.717, 1.165) is 27.9 Å². The Morgan fingerprint density at radius 1 is 0.737 bits per heavy atom. The van der Waals surface area contributed by atoms with E-state index in [4.69, 9.17) is 9.98 Å². The number of rotatable bonds is 8. The van der Waals surface area contributed by atoms with Crippen molar-refractivity contribution in [2.24, 2.45) is 20.1 Å². The number of hydrogen-bond acceptors (Lipinski definition) is 10. The lowest BCUT2D eigenvalue weighted by Gasteiger charge is -2.31. The smallest absolute Gasteiger partial charge is 0.276 e. The molecule has 3 aliphatic heterocycles. The summed E-state index contributed by atoms with van der Waals surface area (Å²) in [5.74, 6) is 0.316. The second kappa shape index (κ2) is 14.4. The molecule has 14 heteroatoms. The minimum absolute atomic E-state index is 0.0162. The van der Waals surface area contributed by atoms with Crippen LogP contribution in [0.2, 0.25) is 0 Å². The number of non-ortho nitro benzene ring substituents is 1. The number of nitrogens with zero attached hydrogens (tertiary/aromatic N) is 8. The summed E-state index contributed by atoms with van der Waals surface area (Å²) in [5.41, 5.74) is 11.7. The summed E-state index contributed by atoms with van der Waals surface area (Å²) in [5, 5.41) is 17.2. The number of nitro benzene ring substituents is 1. The second-order valence-electron chi connectivity index (χ2n) is 12.9. The number of para-hydroxylation sites is 1. The van der Waals surface area contributed by atoms with Crippen LogP contribution in [-0.2, 0) is 9.59 Å². The number of nitro groups is 1. The number of carbonyl (C=O) groups excluding carboxylic acids is 2. The van der Waals surface area contributed by atoms with Gasteiger partial charge in [-0.05, 0) is 53.1 Å². The van der Waals surface area contributed by atoms with Crippen molar-refractivity contribution in [3.63, 3.8) is 0 Å². The van der Waals surface area contributed by atoms with Gasteiger partial charge in [-0.2, -0.15) is 0 Å². The van der Waals surface area contributed by atoms with E-state index < -0.39 is 10.8 Å². The average molecular weight is 749 g/mol. The van der Waals surface area contributed by atoms with E-state index in [1.807, 2.05) is 121 Å². The van der Waals surface area contributed by atoms with Crippen molar-refractivity contribution in [1.82, 2.24) is 15.4 Å². The van der Waals surface area contributed by atoms with Crippen LogP contribution in [0, 0.1) is 10.1 Å². The Labute approximate surface area is 324 Å². The highest BCUT2D eigenvalue weighted by atomic mass is 16.6. The minimum Gasteiger partial charge on any atom is -0.276 e. The Morgan fingerprint density at radius 2 is 1.44 bits per heavy atom. The van der Waals surface area contributed by atoms with E-state index in [0.29, 0.717) is 40.0 Å². The standard InChI is InChI=1S/C43H28N10O4/c54-42-36(24-27-11-10-18-33(23-27)53(56)57)46-41-37-34(28-12-4-1-5-13-28)25-35(45-38(37)44-26-51(41)50-42)29-19-21-32(22-20-29)52-40(30-14-6-2-7-15-30)47-39(43(52)55)49-48-31-16-8-3-9-17-31/h1-26,48H,(H,50,54)/b36-24+,49-39-. The predicted molar refractivity (Wildman–Crippen MR) is 219 cm³/mol. The number of benzene rings is 5. The fraction of sp³-hybridized carbons (Fsp3) is 0. The van der Waals surface area contributed by atoms with Gasteiger partial charge in [-0.3, -0.25) is 35.5 Å². The number of aromatic nitrogens is 1. The molecule has 0 bridgehead atoms. The summed E-state index contributed by atoms with van der Waals surface area (Å²) < 4.78 is 0. The summed E-state index contributed by atoms with van der Waals surface area (Å²) in [6, 6.07) is 43.8. The van der Waals surface area contributed by atoms with Gasteiger partial charge in [0.2, 0.25) is 5.84 Å². The minimum atomic E-state index is -0.506. The van der Waals surface area contributed by atoms with Gasteiger partial charge < -0.3 is 0 Å². The molecule has 9 rings (SSSR count). The molecule has 0 atom stereocenters. The van der Waals surface area contributed by atoms with Crippen LogP contribution in [0.1, 0.15) is 16.7 Å². The summed E-state index contributed by atoms with van der Waals surface area (Å²) in [6.45, 7) is 0. The molecule has 274 valence electrons. The van der Waals surface area contributed by atoms with E-state index in [9.17, 15) is 19.7 Å². The van der Waals surface area contributed by atoms with Crippen molar-refractivity contribution in [3.05, 3.63) is 178 Å². The second-order valence-corrected chi connectivity index (χ2v) is 12.9. The van der Waals surface area contributed by atoms with E-state index in [1.165, 1.54) is 34.5 Å². The molecule has 0 saturated carbocycles. The van der Waals surface area contributed by atoms with Gasteiger partial charge in [-0.15, -0.1) is 5.10 Å². The van der Waals surface area contributed by atoms with Crippen molar-refractivity contribution in [3.8, 4) is 22.4 Å². The number of anilines is 2. The zero-order chi connectivity index (χ0) is 38.9. The number of nitrogens with one attached hydrogen (secondary N) is 2. The highest BCUT2D eigenvalue weighted by Gasteiger charge is 2.35. The molecule has 0 radical (unpaired) electrons. The molecule has 0 spiro atoms. The number of hydrazine groups is 1. The highest BCUT2D eigenvalue weighted by molar-refractivity contribution is 6.55. The first-order valence-electron chi connectivity index (χ1n) is 17.7. The number of carbonyl (C=O) groups is 2. The monoisotopic (exact) mass is 748 g/mol. The Morgan fingerprint density at radius 3 is 2.16 bits per heavy atom. The van der Waals surface area contributed by atoms with Gasteiger partial charge in [-0.25, -0.2) is 25.0 Å². The van der Waals surface area contributed by atoms with Crippen LogP contribution in [0.5, 0.6) is 0 Å². The average Bonchev–Trinajstić information content (AvgIpc) is 3.59. The van der Waals surface area contributed by atoms with Crippen LogP contribution in [0.25, 0.3) is 28.5 Å². The van der Waals surface area contributed by atoms with Crippen LogP contribution in [-0.4, -0.2) is 50.6 Å². The number of aliphatic imine (C=N–C) groups is 3. The number of amidine groups is 3. The zero-order valence-corrected chi connectivity index (χ0v) is 29.7. The highest BCUT2D eigenvalue weighted by Crippen LogP contribution is 2.38. The van der Waals surface area contributed by atoms with Gasteiger partial charge >= 0.3 is 5.91 Å². The Kier molecular flexibility index (Phi) is 8.72. The largest absolute Gasteiger partial charge is 0.303 e. The van der Waals surface area contributed by atoms with E-state index in [-0.39, 0.29) is 23.1 Å². The Balaban J connectivity index is 1.09. The fourth-order valence-electron chi connectivity index (χ4n) is 6.53. The molecule has 5 aromatic carbocycles. The molecule has 6 aromatic rings. The number of pyridine rings is 1. The number of hydrogen-bond donors (Lipinski definition) is 2. The molecule has 2 amide bonds. The van der Waals surface area contributed by atoms with Crippen molar-refractivity contribution >= 4 is 64.6 Å². The fourth-order valence-corrected chi connectivity index (χ4v) is 6.53. The van der Waals surface area contributed by atoms with Crippen molar-refractivity contribution in [2.75, 3.05) is 10.3 Å². The lowest BCUT2D eigenvalue weighted by Crippen LogP contribution is -2.50. The number of fused-ring (bicyclic) bond motifs is 3. The molecular formula is C43H28N10O4. The maximum absolute atomic E-state index is 13.9. The number of hydrazone groups is 1. The van der Waals surface area contributed by atoms with Crippen LogP contribution in [0.4, 0.5) is 22.9 Å². The third-order valence-corrected chi connectivity index (χ3v) is 9.23. The summed E-state index contributed by atoms with van der Waals surface area (Å²) in [6.07, 6.45) is 2.93. The van der Waals surface area contributed by atoms with Crippen molar-refractivity contribution in [1.29, 1.82) is 0 Å². The van der Waals surface area contributed by atoms with Crippen LogP contribution >= 0.6 is 0 Å². The van der Waals surface area contributed by atoms with Gasteiger partial charge in [0.15, 0.2) is 11.7 Å². The van der Waals surface area contributed by atoms with Gasteiger partial charge in [-0.1, -0.05) is 103 Å². The Bertz CT molecular complexity index is 2750. The molecule has 0 fully saturated rings. The number of amides is 2. The van der Waals surface area contributed by atoms with Crippen molar-refractivity contribution in [2.45, 2.75) is 0 Å². The first kappa shape index (κ1) is 34.4. The van der Waals surface area contributed by atoms with Gasteiger partial charge in [0.05, 0.1) is 27.6 Å². The molecule has 1 aromatic heterocycles. The molecule has 0 saturated heterocycles. The predicted octanol–water partition coefficient (Wildman–Crippen LogP) is 7.35. The van der Waals surface area contributed by atoms with E-state index in [1.54, 1.807) is 12.1 Å². The molecular weight excluding hydrogens is 721 g/mol. The van der Waals surface area contributed by atoms with Gasteiger partial charge in [0, 0.05) is 23.3 Å². The normalized spacial score (nSPS) is 15.9. The third kappa shape index (κ3) is 6.70. The Hall–Kier alpha value is -8.39. The molecule has 57 heavy (non-hydrogen) atoms. The van der Waals surface area contributed by atoms with Crippen LogP contribution in [0.15, 0.2) is 171 Å².